The second kappa shape index (κ2) is 6.02. The van der Waals surface area contributed by atoms with Gasteiger partial charge in [0.05, 0.1) is 6.04 Å². The van der Waals surface area contributed by atoms with Crippen molar-refractivity contribution in [3.05, 3.63) is 76.0 Å². The highest BCUT2D eigenvalue weighted by Gasteiger charge is 2.18. The zero-order valence-electron chi connectivity index (χ0n) is 11.5. The quantitative estimate of drug-likeness (QED) is 0.747. The highest BCUT2D eigenvalue weighted by molar-refractivity contribution is 6.35. The van der Waals surface area contributed by atoms with Crippen molar-refractivity contribution in [1.82, 2.24) is 10.3 Å². The molecule has 106 valence electrons. The largest absolute Gasteiger partial charge is 0.309 e. The van der Waals surface area contributed by atoms with Crippen LogP contribution in [0.25, 0.3) is 10.8 Å². The lowest BCUT2D eigenvalue weighted by atomic mass is 9.96. The zero-order valence-corrected chi connectivity index (χ0v) is 13.0. The van der Waals surface area contributed by atoms with Crippen molar-refractivity contribution in [2.75, 3.05) is 7.05 Å². The normalized spacial score (nSPS) is 12.5. The summed E-state index contributed by atoms with van der Waals surface area (Å²) in [5, 5.41) is 6.88. The Morgan fingerprint density at radius 2 is 1.81 bits per heavy atom. The number of rotatable bonds is 3. The molecule has 3 rings (SSSR count). The van der Waals surface area contributed by atoms with Gasteiger partial charge < -0.3 is 5.32 Å². The van der Waals surface area contributed by atoms with Crippen LogP contribution in [0.15, 0.2) is 54.9 Å². The van der Waals surface area contributed by atoms with Crippen LogP contribution in [0.5, 0.6) is 0 Å². The average Bonchev–Trinajstić information content (AvgIpc) is 2.50. The molecule has 4 heteroatoms. The van der Waals surface area contributed by atoms with Crippen LogP contribution in [-0.4, -0.2) is 12.0 Å². The number of hydrogen-bond acceptors (Lipinski definition) is 2. The van der Waals surface area contributed by atoms with Gasteiger partial charge in [0.25, 0.3) is 0 Å². The van der Waals surface area contributed by atoms with E-state index in [1.54, 1.807) is 6.07 Å². The summed E-state index contributed by atoms with van der Waals surface area (Å²) in [6, 6.07) is 13.7. The molecule has 2 nitrogen and oxygen atoms in total. The van der Waals surface area contributed by atoms with Crippen LogP contribution in [0.2, 0.25) is 10.0 Å². The van der Waals surface area contributed by atoms with Gasteiger partial charge in [0.1, 0.15) is 0 Å². The van der Waals surface area contributed by atoms with Crippen molar-refractivity contribution in [2.45, 2.75) is 6.04 Å². The van der Waals surface area contributed by atoms with E-state index in [1.807, 2.05) is 43.7 Å². The first-order valence-electron chi connectivity index (χ1n) is 6.65. The van der Waals surface area contributed by atoms with E-state index in [4.69, 9.17) is 23.2 Å². The molecule has 0 amide bonds. The number of aromatic nitrogens is 1. The molecule has 0 aliphatic rings. The van der Waals surface area contributed by atoms with Gasteiger partial charge in [-0.15, -0.1) is 0 Å². The van der Waals surface area contributed by atoms with Crippen molar-refractivity contribution < 1.29 is 0 Å². The van der Waals surface area contributed by atoms with E-state index in [2.05, 4.69) is 22.4 Å². The molecule has 0 aliphatic carbocycles. The Kier molecular flexibility index (Phi) is 4.11. The maximum Gasteiger partial charge on any atom is 0.0610 e. The molecule has 0 bridgehead atoms. The van der Waals surface area contributed by atoms with Crippen LogP contribution in [0.4, 0.5) is 0 Å². The Morgan fingerprint density at radius 1 is 1.00 bits per heavy atom. The summed E-state index contributed by atoms with van der Waals surface area (Å²) in [6.07, 6.45) is 3.75. The first-order valence-corrected chi connectivity index (χ1v) is 7.41. The number of fused-ring (bicyclic) bond motifs is 1. The van der Waals surface area contributed by atoms with E-state index in [9.17, 15) is 0 Å². The molecular formula is C17H14Cl2N2. The van der Waals surface area contributed by atoms with Gasteiger partial charge in [-0.1, -0.05) is 53.5 Å². The third-order valence-corrected chi connectivity index (χ3v) is 4.13. The summed E-state index contributed by atoms with van der Waals surface area (Å²) in [5.74, 6) is 0. The summed E-state index contributed by atoms with van der Waals surface area (Å²) in [6.45, 7) is 0. The van der Waals surface area contributed by atoms with Crippen LogP contribution in [0.1, 0.15) is 17.2 Å². The highest BCUT2D eigenvalue weighted by Crippen LogP contribution is 2.33. The molecule has 2 aromatic carbocycles. The maximum atomic E-state index is 6.36. The van der Waals surface area contributed by atoms with Crippen LogP contribution in [0, 0.1) is 0 Å². The van der Waals surface area contributed by atoms with E-state index in [1.165, 1.54) is 0 Å². The molecule has 0 aliphatic heterocycles. The smallest absolute Gasteiger partial charge is 0.0610 e. The predicted molar refractivity (Wildman–Crippen MR) is 89.1 cm³/mol. The number of nitrogens with zero attached hydrogens (tertiary/aromatic N) is 1. The predicted octanol–water partition coefficient (Wildman–Crippen LogP) is 4.85. The SMILES string of the molecule is CNC(c1ccc(Cl)cc1Cl)c1cncc2ccccc12. The number of nitrogens with one attached hydrogen (secondary N) is 1. The Balaban J connectivity index is 2.18. The fourth-order valence-corrected chi connectivity index (χ4v) is 3.10. The van der Waals surface area contributed by atoms with Crippen LogP contribution >= 0.6 is 23.2 Å². The molecule has 21 heavy (non-hydrogen) atoms. The molecule has 0 fully saturated rings. The van der Waals surface area contributed by atoms with E-state index in [-0.39, 0.29) is 6.04 Å². The van der Waals surface area contributed by atoms with Crippen LogP contribution in [0.3, 0.4) is 0 Å². The van der Waals surface area contributed by atoms with E-state index in [0.717, 1.165) is 21.9 Å². The third-order valence-electron chi connectivity index (χ3n) is 3.57. The number of hydrogen-bond donors (Lipinski definition) is 1. The Labute approximate surface area is 133 Å². The Morgan fingerprint density at radius 3 is 2.57 bits per heavy atom. The second-order valence-corrected chi connectivity index (χ2v) is 5.68. The van der Waals surface area contributed by atoms with Crippen molar-refractivity contribution >= 4 is 34.0 Å². The monoisotopic (exact) mass is 316 g/mol. The van der Waals surface area contributed by atoms with Gasteiger partial charge in [0, 0.05) is 27.8 Å². The Bertz CT molecular complexity index is 781. The molecular weight excluding hydrogens is 303 g/mol. The fourth-order valence-electron chi connectivity index (χ4n) is 2.58. The number of pyridine rings is 1. The van der Waals surface area contributed by atoms with Gasteiger partial charge in [0.2, 0.25) is 0 Å². The minimum atomic E-state index is -0.0339. The molecule has 3 aromatic rings. The van der Waals surface area contributed by atoms with Gasteiger partial charge in [-0.05, 0) is 35.7 Å². The van der Waals surface area contributed by atoms with Crippen molar-refractivity contribution in [1.29, 1.82) is 0 Å². The standard InChI is InChI=1S/C17H14Cl2N2/c1-20-17(14-7-6-12(18)8-16(14)19)15-10-21-9-11-4-2-3-5-13(11)15/h2-10,17,20H,1H3. The van der Waals surface area contributed by atoms with E-state index < -0.39 is 0 Å². The van der Waals surface area contributed by atoms with Gasteiger partial charge >= 0.3 is 0 Å². The molecule has 1 N–H and O–H groups in total. The van der Waals surface area contributed by atoms with Crippen LogP contribution in [-0.2, 0) is 0 Å². The summed E-state index contributed by atoms with van der Waals surface area (Å²) >= 11 is 12.3. The molecule has 1 heterocycles. The van der Waals surface area contributed by atoms with Gasteiger partial charge in [-0.3, -0.25) is 4.98 Å². The van der Waals surface area contributed by atoms with Gasteiger partial charge in [0.15, 0.2) is 0 Å². The van der Waals surface area contributed by atoms with E-state index >= 15 is 0 Å². The Hall–Kier alpha value is -1.61. The molecule has 1 atom stereocenters. The molecule has 0 saturated heterocycles. The maximum absolute atomic E-state index is 6.36. The molecule has 0 saturated carbocycles. The minimum absolute atomic E-state index is 0.0339. The first kappa shape index (κ1) is 14.3. The number of halogens is 2. The number of benzene rings is 2. The molecule has 0 spiro atoms. The fraction of sp³-hybridized carbons (Fsp3) is 0.118. The van der Waals surface area contributed by atoms with Crippen LogP contribution < -0.4 is 5.32 Å². The summed E-state index contributed by atoms with van der Waals surface area (Å²) in [5.41, 5.74) is 2.08. The summed E-state index contributed by atoms with van der Waals surface area (Å²) in [7, 11) is 1.91. The second-order valence-electron chi connectivity index (χ2n) is 4.84. The zero-order chi connectivity index (χ0) is 14.8. The van der Waals surface area contributed by atoms with Crippen molar-refractivity contribution in [3.63, 3.8) is 0 Å². The van der Waals surface area contributed by atoms with Gasteiger partial charge in [-0.25, -0.2) is 0 Å². The molecule has 1 aromatic heterocycles. The topological polar surface area (TPSA) is 24.9 Å². The summed E-state index contributed by atoms with van der Waals surface area (Å²) in [4.78, 5) is 4.35. The molecule has 0 radical (unpaired) electrons. The third kappa shape index (κ3) is 2.75. The summed E-state index contributed by atoms with van der Waals surface area (Å²) < 4.78 is 0. The van der Waals surface area contributed by atoms with E-state index in [0.29, 0.717) is 10.0 Å². The lowest BCUT2D eigenvalue weighted by Gasteiger charge is -2.20. The van der Waals surface area contributed by atoms with Crippen molar-refractivity contribution in [2.24, 2.45) is 0 Å². The van der Waals surface area contributed by atoms with Gasteiger partial charge in [-0.2, -0.15) is 0 Å². The highest BCUT2D eigenvalue weighted by atomic mass is 35.5. The lowest BCUT2D eigenvalue weighted by Crippen LogP contribution is -2.18. The minimum Gasteiger partial charge on any atom is -0.309 e. The van der Waals surface area contributed by atoms with Crippen molar-refractivity contribution in [3.8, 4) is 0 Å². The molecule has 1 unspecified atom stereocenters. The average molecular weight is 317 g/mol. The lowest BCUT2D eigenvalue weighted by molar-refractivity contribution is 0.694. The first-order chi connectivity index (χ1) is 10.2.